The first-order valence-electron chi connectivity index (χ1n) is 4.67. The van der Waals surface area contributed by atoms with Gasteiger partial charge in [0.1, 0.15) is 16.2 Å². The van der Waals surface area contributed by atoms with E-state index < -0.39 is 0 Å². The first kappa shape index (κ1) is 10.4. The van der Waals surface area contributed by atoms with Crippen molar-refractivity contribution < 1.29 is 5.11 Å². The monoisotopic (exact) mass is 269 g/mol. The summed E-state index contributed by atoms with van der Waals surface area (Å²) in [6.45, 7) is 2.02. The number of halogens is 1. The summed E-state index contributed by atoms with van der Waals surface area (Å²) in [5, 5.41) is 12.6. The molecule has 2 N–H and O–H groups in total. The van der Waals surface area contributed by atoms with E-state index in [2.05, 4.69) is 26.2 Å². The first-order chi connectivity index (χ1) is 7.13. The molecule has 2 heterocycles. The van der Waals surface area contributed by atoms with Gasteiger partial charge < -0.3 is 10.4 Å². The third-order valence-corrected chi connectivity index (χ3v) is 3.01. The molecule has 2 aromatic rings. The fourth-order valence-electron chi connectivity index (χ4n) is 1.49. The standard InChI is InChI=1S/C10H12BrN3O/c1-6(12-2)10-13-9(11)8-4-3-7(15)5-14(8)10/h3-6,12,15H,1-2H3. The molecule has 0 aliphatic carbocycles. The zero-order chi connectivity index (χ0) is 11.0. The Hall–Kier alpha value is -1.07. The molecule has 0 bridgehead atoms. The van der Waals surface area contributed by atoms with Crippen LogP contribution in [0.4, 0.5) is 0 Å². The molecule has 0 fully saturated rings. The van der Waals surface area contributed by atoms with E-state index in [1.807, 2.05) is 24.4 Å². The number of aromatic hydroxyl groups is 1. The molecule has 0 amide bonds. The lowest BCUT2D eigenvalue weighted by molar-refractivity contribution is 0.470. The SMILES string of the molecule is CNC(C)c1nc(Br)c2ccc(O)cn12. The van der Waals surface area contributed by atoms with Gasteiger partial charge in [-0.05, 0) is 42.0 Å². The number of pyridine rings is 1. The van der Waals surface area contributed by atoms with Crippen LogP contribution in [0.5, 0.6) is 5.75 Å². The second-order valence-electron chi connectivity index (χ2n) is 3.41. The van der Waals surface area contributed by atoms with Gasteiger partial charge in [0.2, 0.25) is 0 Å². The smallest absolute Gasteiger partial charge is 0.132 e. The minimum Gasteiger partial charge on any atom is -0.506 e. The summed E-state index contributed by atoms with van der Waals surface area (Å²) in [6.07, 6.45) is 1.66. The van der Waals surface area contributed by atoms with Gasteiger partial charge in [-0.25, -0.2) is 4.98 Å². The van der Waals surface area contributed by atoms with Gasteiger partial charge in [0.25, 0.3) is 0 Å². The molecule has 2 aromatic heterocycles. The van der Waals surface area contributed by atoms with Gasteiger partial charge in [0, 0.05) is 0 Å². The van der Waals surface area contributed by atoms with Crippen molar-refractivity contribution in [3.05, 3.63) is 28.8 Å². The van der Waals surface area contributed by atoms with E-state index in [-0.39, 0.29) is 11.8 Å². The van der Waals surface area contributed by atoms with Crippen LogP contribution in [0.1, 0.15) is 18.8 Å². The molecular weight excluding hydrogens is 258 g/mol. The largest absolute Gasteiger partial charge is 0.506 e. The zero-order valence-corrected chi connectivity index (χ0v) is 10.1. The van der Waals surface area contributed by atoms with Crippen LogP contribution in [0, 0.1) is 0 Å². The predicted octanol–water partition coefficient (Wildman–Crippen LogP) is 2.08. The second-order valence-corrected chi connectivity index (χ2v) is 4.16. The van der Waals surface area contributed by atoms with Crippen molar-refractivity contribution in [1.82, 2.24) is 14.7 Å². The molecule has 0 saturated carbocycles. The highest BCUT2D eigenvalue weighted by atomic mass is 79.9. The normalized spacial score (nSPS) is 13.3. The van der Waals surface area contributed by atoms with Crippen molar-refractivity contribution in [3.63, 3.8) is 0 Å². The maximum atomic E-state index is 9.43. The number of nitrogens with zero attached hydrogens (tertiary/aromatic N) is 2. The number of hydrogen-bond donors (Lipinski definition) is 2. The van der Waals surface area contributed by atoms with E-state index in [0.29, 0.717) is 0 Å². The minimum atomic E-state index is 0.130. The van der Waals surface area contributed by atoms with Crippen LogP contribution in [0.2, 0.25) is 0 Å². The van der Waals surface area contributed by atoms with E-state index >= 15 is 0 Å². The molecular formula is C10H12BrN3O. The van der Waals surface area contributed by atoms with Crippen molar-refractivity contribution in [1.29, 1.82) is 0 Å². The van der Waals surface area contributed by atoms with Crippen LogP contribution in [-0.4, -0.2) is 21.5 Å². The molecule has 0 aromatic carbocycles. The third-order valence-electron chi connectivity index (χ3n) is 2.42. The molecule has 4 nitrogen and oxygen atoms in total. The summed E-state index contributed by atoms with van der Waals surface area (Å²) >= 11 is 3.40. The molecule has 0 spiro atoms. The van der Waals surface area contributed by atoms with Gasteiger partial charge in [-0.3, -0.25) is 4.40 Å². The van der Waals surface area contributed by atoms with Crippen molar-refractivity contribution in [2.75, 3.05) is 7.05 Å². The van der Waals surface area contributed by atoms with Crippen LogP contribution in [0.25, 0.3) is 5.52 Å². The lowest BCUT2D eigenvalue weighted by Crippen LogP contribution is -2.15. The van der Waals surface area contributed by atoms with Crippen LogP contribution >= 0.6 is 15.9 Å². The summed E-state index contributed by atoms with van der Waals surface area (Å²) in [7, 11) is 1.88. The second kappa shape index (κ2) is 3.83. The molecule has 1 atom stereocenters. The number of rotatable bonds is 2. The van der Waals surface area contributed by atoms with Gasteiger partial charge in [-0.15, -0.1) is 0 Å². The summed E-state index contributed by atoms with van der Waals surface area (Å²) in [6, 6.07) is 3.61. The number of fused-ring (bicyclic) bond motifs is 1. The maximum absolute atomic E-state index is 9.43. The van der Waals surface area contributed by atoms with Crippen LogP contribution in [0.15, 0.2) is 22.9 Å². The number of nitrogens with one attached hydrogen (secondary N) is 1. The Kier molecular flexibility index (Phi) is 2.67. The van der Waals surface area contributed by atoms with Crippen molar-refractivity contribution >= 4 is 21.4 Å². The van der Waals surface area contributed by atoms with Crippen molar-refractivity contribution in [2.45, 2.75) is 13.0 Å². The van der Waals surface area contributed by atoms with Gasteiger partial charge in [-0.2, -0.15) is 0 Å². The summed E-state index contributed by atoms with van der Waals surface area (Å²) < 4.78 is 2.67. The van der Waals surface area contributed by atoms with Gasteiger partial charge in [0.15, 0.2) is 0 Å². The molecule has 15 heavy (non-hydrogen) atoms. The molecule has 80 valence electrons. The summed E-state index contributed by atoms with van der Waals surface area (Å²) in [4.78, 5) is 4.41. The van der Waals surface area contributed by atoms with E-state index in [9.17, 15) is 5.11 Å². The zero-order valence-electron chi connectivity index (χ0n) is 8.53. The van der Waals surface area contributed by atoms with E-state index in [1.165, 1.54) is 0 Å². The summed E-state index contributed by atoms with van der Waals surface area (Å²) in [5.41, 5.74) is 0.949. The van der Waals surface area contributed by atoms with Crippen LogP contribution in [0.3, 0.4) is 0 Å². The lowest BCUT2D eigenvalue weighted by Gasteiger charge is -2.08. The molecule has 0 saturated heterocycles. The number of hydrogen-bond acceptors (Lipinski definition) is 3. The van der Waals surface area contributed by atoms with Crippen LogP contribution in [-0.2, 0) is 0 Å². The lowest BCUT2D eigenvalue weighted by atomic mass is 10.3. The van der Waals surface area contributed by atoms with Crippen molar-refractivity contribution in [3.8, 4) is 5.75 Å². The predicted molar refractivity (Wildman–Crippen MR) is 62.0 cm³/mol. The highest BCUT2D eigenvalue weighted by Gasteiger charge is 2.13. The summed E-state index contributed by atoms with van der Waals surface area (Å²) in [5.74, 6) is 1.10. The Morgan fingerprint density at radius 3 is 2.93 bits per heavy atom. The van der Waals surface area contributed by atoms with E-state index in [0.717, 1.165) is 15.9 Å². The highest BCUT2D eigenvalue weighted by molar-refractivity contribution is 9.10. The molecule has 0 aliphatic rings. The number of aromatic nitrogens is 2. The van der Waals surface area contributed by atoms with E-state index in [1.54, 1.807) is 12.3 Å². The van der Waals surface area contributed by atoms with E-state index in [4.69, 9.17) is 0 Å². The Bertz CT molecular complexity index is 495. The Morgan fingerprint density at radius 1 is 1.53 bits per heavy atom. The molecule has 1 unspecified atom stereocenters. The van der Waals surface area contributed by atoms with Gasteiger partial charge in [0.05, 0.1) is 17.8 Å². The molecule has 0 aliphatic heterocycles. The first-order valence-corrected chi connectivity index (χ1v) is 5.46. The van der Waals surface area contributed by atoms with Gasteiger partial charge in [-0.1, -0.05) is 0 Å². The quantitative estimate of drug-likeness (QED) is 0.878. The fourth-order valence-corrected chi connectivity index (χ4v) is 2.00. The Labute approximate surface area is 96.1 Å². The Balaban J connectivity index is 2.69. The Morgan fingerprint density at radius 2 is 2.27 bits per heavy atom. The van der Waals surface area contributed by atoms with Crippen molar-refractivity contribution in [2.24, 2.45) is 0 Å². The number of imidazole rings is 1. The minimum absolute atomic E-state index is 0.130. The average Bonchev–Trinajstić information content (AvgIpc) is 2.54. The fraction of sp³-hybridized carbons (Fsp3) is 0.300. The highest BCUT2D eigenvalue weighted by Crippen LogP contribution is 2.24. The van der Waals surface area contributed by atoms with Gasteiger partial charge >= 0.3 is 0 Å². The molecule has 0 radical (unpaired) electrons. The maximum Gasteiger partial charge on any atom is 0.132 e. The topological polar surface area (TPSA) is 49.6 Å². The molecule has 2 rings (SSSR count). The third kappa shape index (κ3) is 1.72. The van der Waals surface area contributed by atoms with Crippen LogP contribution < -0.4 is 5.32 Å². The molecule has 5 heteroatoms. The average molecular weight is 270 g/mol.